The average Bonchev–Trinajstić information content (AvgIpc) is 3.08. The van der Waals surface area contributed by atoms with Crippen molar-refractivity contribution in [1.82, 2.24) is 10.3 Å². The molecule has 5 heteroatoms. The van der Waals surface area contributed by atoms with Gasteiger partial charge in [-0.3, -0.25) is 0 Å². The molecule has 1 aromatic heterocycles. The summed E-state index contributed by atoms with van der Waals surface area (Å²) in [6.45, 7) is 0. The number of hydrogen-bond acceptors (Lipinski definition) is 3. The topological polar surface area (TPSA) is 51.2 Å². The monoisotopic (exact) mass is 372 g/mol. The Morgan fingerprint density at radius 3 is 2.89 bits per heavy atom. The molecule has 1 N–H and O–H groups in total. The molecule has 2 aliphatic rings. The Labute approximate surface area is 162 Å². The van der Waals surface area contributed by atoms with E-state index in [9.17, 15) is 9.18 Å². The number of rotatable bonds is 2. The van der Waals surface area contributed by atoms with Gasteiger partial charge in [0.05, 0.1) is 5.69 Å². The van der Waals surface area contributed by atoms with Crippen molar-refractivity contribution in [3.8, 4) is 11.8 Å². The Hall–Kier alpha value is -3.65. The summed E-state index contributed by atoms with van der Waals surface area (Å²) in [5, 5.41) is 2.81. The molecule has 2 heterocycles. The number of carbonyl (C=O) groups excluding carboxylic acids is 1. The van der Waals surface area contributed by atoms with Crippen molar-refractivity contribution in [1.29, 1.82) is 0 Å². The molecule has 0 bridgehead atoms. The van der Waals surface area contributed by atoms with Crippen LogP contribution in [0.4, 0.5) is 9.18 Å². The molecule has 4 rings (SSSR count). The largest absolute Gasteiger partial charge is 0.439 e. The molecule has 0 radical (unpaired) electrons. The molecule has 1 amide bonds. The number of carbonyl (C=O) groups is 1. The first-order valence-electron chi connectivity index (χ1n) is 8.93. The van der Waals surface area contributed by atoms with E-state index in [1.54, 1.807) is 18.2 Å². The summed E-state index contributed by atoms with van der Waals surface area (Å²) in [5.41, 5.74) is 2.85. The number of allylic oxidation sites excluding steroid dienone is 5. The number of nitrogens with one attached hydrogen (secondary N) is 1. The highest BCUT2D eigenvalue weighted by Crippen LogP contribution is 2.26. The van der Waals surface area contributed by atoms with Crippen LogP contribution >= 0.6 is 0 Å². The van der Waals surface area contributed by atoms with Crippen LogP contribution in [0.2, 0.25) is 0 Å². The number of nitrogens with zero attached hydrogens (tertiary/aromatic N) is 1. The summed E-state index contributed by atoms with van der Waals surface area (Å²) in [6, 6.07) is 11.1. The number of ether oxygens (including phenoxy) is 1. The lowest BCUT2D eigenvalue weighted by atomic mass is 10.0. The SMILES string of the molecule is O=C1NC(c2cccc(C#Cc3cccc(F)c3)n2)C(C=C2C=CC=CC2)O1. The molecule has 1 aliphatic carbocycles. The summed E-state index contributed by atoms with van der Waals surface area (Å²) in [5.74, 6) is 5.52. The number of amides is 1. The fourth-order valence-electron chi connectivity index (χ4n) is 3.07. The molecule has 2 aromatic rings. The van der Waals surface area contributed by atoms with Crippen molar-refractivity contribution in [3.05, 3.63) is 101 Å². The summed E-state index contributed by atoms with van der Waals surface area (Å²) in [6.07, 6.45) is 9.80. The minimum Gasteiger partial charge on any atom is -0.439 e. The van der Waals surface area contributed by atoms with Crippen LogP contribution in [0.25, 0.3) is 0 Å². The van der Waals surface area contributed by atoms with Crippen molar-refractivity contribution in [3.63, 3.8) is 0 Å². The molecule has 4 nitrogen and oxygen atoms in total. The molecule has 2 atom stereocenters. The number of aromatic nitrogens is 1. The van der Waals surface area contributed by atoms with E-state index in [0.29, 0.717) is 17.0 Å². The van der Waals surface area contributed by atoms with Crippen molar-refractivity contribution in [2.45, 2.75) is 18.6 Å². The predicted octanol–water partition coefficient (Wildman–Crippen LogP) is 4.21. The van der Waals surface area contributed by atoms with Crippen molar-refractivity contribution in [2.75, 3.05) is 0 Å². The van der Waals surface area contributed by atoms with E-state index in [0.717, 1.165) is 12.0 Å². The zero-order valence-electron chi connectivity index (χ0n) is 14.9. The predicted molar refractivity (Wildman–Crippen MR) is 104 cm³/mol. The van der Waals surface area contributed by atoms with Gasteiger partial charge in [-0.25, -0.2) is 14.2 Å². The van der Waals surface area contributed by atoms with E-state index in [1.807, 2.05) is 42.5 Å². The fraction of sp³-hybridized carbons (Fsp3) is 0.130. The maximum absolute atomic E-state index is 13.3. The van der Waals surface area contributed by atoms with E-state index in [4.69, 9.17) is 4.74 Å². The number of cyclic esters (lactones) is 1. The van der Waals surface area contributed by atoms with E-state index < -0.39 is 18.2 Å². The number of benzene rings is 1. The third-order valence-electron chi connectivity index (χ3n) is 4.38. The number of pyridine rings is 1. The zero-order chi connectivity index (χ0) is 19.3. The zero-order valence-corrected chi connectivity index (χ0v) is 14.9. The minimum atomic E-state index is -0.472. The van der Waals surface area contributed by atoms with Crippen LogP contribution in [0.5, 0.6) is 0 Å². The molecule has 1 aliphatic heterocycles. The molecular formula is C23H17FN2O2. The number of hydrogen-bond donors (Lipinski definition) is 1. The Kier molecular flexibility index (Phi) is 5.03. The second-order valence-corrected chi connectivity index (χ2v) is 6.43. The van der Waals surface area contributed by atoms with Gasteiger partial charge in [0.25, 0.3) is 0 Å². The third-order valence-corrected chi connectivity index (χ3v) is 4.38. The van der Waals surface area contributed by atoms with Gasteiger partial charge >= 0.3 is 6.09 Å². The second-order valence-electron chi connectivity index (χ2n) is 6.43. The van der Waals surface area contributed by atoms with Gasteiger partial charge in [0.15, 0.2) is 0 Å². The maximum Gasteiger partial charge on any atom is 0.408 e. The lowest BCUT2D eigenvalue weighted by Gasteiger charge is -2.15. The first-order valence-corrected chi connectivity index (χ1v) is 8.93. The number of halogens is 1. The van der Waals surface area contributed by atoms with Gasteiger partial charge in [0, 0.05) is 5.56 Å². The number of alkyl carbamates (subject to hydrolysis) is 1. The van der Waals surface area contributed by atoms with Gasteiger partial charge in [-0.05, 0) is 54.3 Å². The highest BCUT2D eigenvalue weighted by Gasteiger charge is 2.34. The molecule has 1 fully saturated rings. The van der Waals surface area contributed by atoms with Gasteiger partial charge in [0.2, 0.25) is 0 Å². The molecule has 2 unspecified atom stereocenters. The van der Waals surface area contributed by atoms with E-state index in [-0.39, 0.29) is 5.82 Å². The van der Waals surface area contributed by atoms with Gasteiger partial charge in [-0.15, -0.1) is 0 Å². The van der Waals surface area contributed by atoms with E-state index in [1.165, 1.54) is 12.1 Å². The smallest absolute Gasteiger partial charge is 0.408 e. The van der Waals surface area contributed by atoms with Crippen LogP contribution in [0.1, 0.15) is 29.4 Å². The van der Waals surface area contributed by atoms with Crippen LogP contribution in [-0.2, 0) is 4.74 Å². The highest BCUT2D eigenvalue weighted by molar-refractivity contribution is 5.71. The Bertz CT molecular complexity index is 1060. The van der Waals surface area contributed by atoms with Gasteiger partial charge in [-0.2, -0.15) is 0 Å². The Morgan fingerprint density at radius 2 is 2.07 bits per heavy atom. The van der Waals surface area contributed by atoms with Gasteiger partial charge in [0.1, 0.15) is 23.7 Å². The third kappa shape index (κ3) is 4.18. The summed E-state index contributed by atoms with van der Waals surface area (Å²) in [7, 11) is 0. The quantitative estimate of drug-likeness (QED) is 0.804. The second kappa shape index (κ2) is 7.93. The van der Waals surface area contributed by atoms with Crippen molar-refractivity contribution < 1.29 is 13.9 Å². The highest BCUT2D eigenvalue weighted by atomic mass is 19.1. The molecule has 0 saturated carbocycles. The van der Waals surface area contributed by atoms with Gasteiger partial charge in [-0.1, -0.05) is 42.4 Å². The first kappa shape index (κ1) is 17.7. The van der Waals surface area contributed by atoms with Gasteiger partial charge < -0.3 is 10.1 Å². The lowest BCUT2D eigenvalue weighted by Crippen LogP contribution is -2.23. The van der Waals surface area contributed by atoms with Crippen LogP contribution in [0.3, 0.4) is 0 Å². The van der Waals surface area contributed by atoms with Crippen LogP contribution in [-0.4, -0.2) is 17.2 Å². The van der Waals surface area contributed by atoms with E-state index >= 15 is 0 Å². The standard InChI is InChI=1S/C23H17FN2O2/c24-18-9-4-8-17(14-18)12-13-19-10-5-11-20(25-19)22-21(28-23(27)26-22)15-16-6-2-1-3-7-16/h1-6,8-11,14-15,21-22H,7H2,(H,26,27). The molecule has 1 aromatic carbocycles. The molecule has 1 saturated heterocycles. The molecular weight excluding hydrogens is 355 g/mol. The average molecular weight is 372 g/mol. The first-order chi connectivity index (χ1) is 13.7. The molecule has 28 heavy (non-hydrogen) atoms. The van der Waals surface area contributed by atoms with Crippen LogP contribution in [0, 0.1) is 17.7 Å². The summed E-state index contributed by atoms with van der Waals surface area (Å²) < 4.78 is 18.7. The minimum absolute atomic E-state index is 0.332. The van der Waals surface area contributed by atoms with Crippen LogP contribution < -0.4 is 5.32 Å². The Morgan fingerprint density at radius 1 is 1.18 bits per heavy atom. The van der Waals surface area contributed by atoms with Crippen LogP contribution in [0.15, 0.2) is 78.4 Å². The van der Waals surface area contributed by atoms with Crippen molar-refractivity contribution >= 4 is 6.09 Å². The normalized spacial score (nSPS) is 21.8. The summed E-state index contributed by atoms with van der Waals surface area (Å²) in [4.78, 5) is 16.4. The molecule has 0 spiro atoms. The Balaban J connectivity index is 1.58. The lowest BCUT2D eigenvalue weighted by molar-refractivity contribution is 0.153. The fourth-order valence-corrected chi connectivity index (χ4v) is 3.07. The maximum atomic E-state index is 13.3. The van der Waals surface area contributed by atoms with E-state index in [2.05, 4.69) is 22.1 Å². The molecule has 138 valence electrons. The van der Waals surface area contributed by atoms with Crippen molar-refractivity contribution in [2.24, 2.45) is 0 Å². The summed E-state index contributed by atoms with van der Waals surface area (Å²) >= 11 is 0.